The number of nitrogens with two attached hydrogens (primary N) is 1. The van der Waals surface area contributed by atoms with Gasteiger partial charge in [-0.3, -0.25) is 0 Å². The van der Waals surface area contributed by atoms with Crippen LogP contribution < -0.4 is 5.14 Å². The number of carbonyl (C=O) groups is 1. The number of hydrogen-bond donors (Lipinski definition) is 1. The Morgan fingerprint density at radius 1 is 1.22 bits per heavy atom. The van der Waals surface area contributed by atoms with Gasteiger partial charge in [0.25, 0.3) is 0 Å². The normalized spacial score (nSPS) is 12.2. The first-order valence-corrected chi connectivity index (χ1v) is 8.44. The van der Waals surface area contributed by atoms with Gasteiger partial charge in [-0.05, 0) is 23.8 Å². The van der Waals surface area contributed by atoms with Crippen molar-refractivity contribution in [2.24, 2.45) is 5.14 Å². The van der Waals surface area contributed by atoms with Crippen molar-refractivity contribution in [2.45, 2.75) is 17.0 Å². The van der Waals surface area contributed by atoms with Crippen LogP contribution in [0.4, 0.5) is 13.2 Å². The summed E-state index contributed by atoms with van der Waals surface area (Å²) in [5, 5.41) is 6.20. The highest BCUT2D eigenvalue weighted by molar-refractivity contribution is 7.91. The zero-order chi connectivity index (χ0) is 17.3. The van der Waals surface area contributed by atoms with Gasteiger partial charge in [0.05, 0.1) is 11.1 Å². The number of ether oxygens (including phenoxy) is 1. The summed E-state index contributed by atoms with van der Waals surface area (Å²) in [6.07, 6.45) is -4.43. The van der Waals surface area contributed by atoms with Gasteiger partial charge in [0.15, 0.2) is 0 Å². The van der Waals surface area contributed by atoms with Gasteiger partial charge < -0.3 is 4.74 Å². The summed E-state index contributed by atoms with van der Waals surface area (Å²) in [7, 11) is -3.90. The van der Waals surface area contributed by atoms with Crippen LogP contribution in [0, 0.1) is 0 Å². The van der Waals surface area contributed by atoms with Crippen LogP contribution in [0.5, 0.6) is 0 Å². The first-order valence-electron chi connectivity index (χ1n) is 6.02. The number of rotatable bonds is 4. The van der Waals surface area contributed by atoms with E-state index in [-0.39, 0.29) is 16.4 Å². The molecular formula is C13H10F3NO4S2. The van der Waals surface area contributed by atoms with E-state index in [1.54, 1.807) is 0 Å². The number of alkyl halides is 3. The molecule has 0 spiro atoms. The minimum atomic E-state index is -4.43. The third kappa shape index (κ3) is 4.53. The highest BCUT2D eigenvalue weighted by atomic mass is 32.2. The minimum absolute atomic E-state index is 0.00550. The molecule has 5 nitrogen and oxygen atoms in total. The molecule has 23 heavy (non-hydrogen) atoms. The molecule has 0 unspecified atom stereocenters. The molecule has 1 heterocycles. The fraction of sp³-hybridized carbons (Fsp3) is 0.154. The van der Waals surface area contributed by atoms with E-state index in [9.17, 15) is 26.4 Å². The van der Waals surface area contributed by atoms with Crippen molar-refractivity contribution >= 4 is 27.3 Å². The number of sulfonamides is 1. The third-order valence-electron chi connectivity index (χ3n) is 2.74. The van der Waals surface area contributed by atoms with Gasteiger partial charge in [0, 0.05) is 5.38 Å². The van der Waals surface area contributed by atoms with Crippen LogP contribution in [0.1, 0.15) is 21.5 Å². The van der Waals surface area contributed by atoms with Crippen molar-refractivity contribution in [1.82, 2.24) is 0 Å². The maximum Gasteiger partial charge on any atom is 0.416 e. The second-order valence-corrected chi connectivity index (χ2v) is 7.17. The number of hydrogen-bond acceptors (Lipinski definition) is 5. The van der Waals surface area contributed by atoms with Gasteiger partial charge in [-0.2, -0.15) is 13.2 Å². The van der Waals surface area contributed by atoms with Crippen LogP contribution in [0.15, 0.2) is 39.9 Å². The SMILES string of the molecule is NS(=O)(=O)c1cc(C(=O)OCc2ccc(C(F)(F)F)cc2)cs1. The van der Waals surface area contributed by atoms with Crippen LogP contribution in [-0.4, -0.2) is 14.4 Å². The maximum absolute atomic E-state index is 12.4. The molecule has 0 radical (unpaired) electrons. The molecule has 0 aliphatic heterocycles. The molecule has 0 amide bonds. The summed E-state index contributed by atoms with van der Waals surface area (Å²) in [5.41, 5.74) is -0.428. The largest absolute Gasteiger partial charge is 0.457 e. The van der Waals surface area contributed by atoms with E-state index in [4.69, 9.17) is 9.88 Å². The Labute approximate surface area is 133 Å². The Morgan fingerprint density at radius 3 is 2.30 bits per heavy atom. The predicted octanol–water partition coefficient (Wildman–Crippen LogP) is 2.77. The highest BCUT2D eigenvalue weighted by Crippen LogP contribution is 2.29. The second kappa shape index (κ2) is 6.30. The first kappa shape index (κ1) is 17.4. The van der Waals surface area contributed by atoms with Gasteiger partial charge in [0.2, 0.25) is 10.0 Å². The average Bonchev–Trinajstić information content (AvgIpc) is 2.94. The van der Waals surface area contributed by atoms with E-state index in [1.807, 2.05) is 0 Å². The van der Waals surface area contributed by atoms with Crippen molar-refractivity contribution in [3.63, 3.8) is 0 Å². The molecule has 1 aromatic heterocycles. The molecule has 0 atom stereocenters. The van der Waals surface area contributed by atoms with Crippen LogP contribution in [0.3, 0.4) is 0 Å². The van der Waals surface area contributed by atoms with Crippen molar-refractivity contribution in [3.05, 3.63) is 52.4 Å². The van der Waals surface area contributed by atoms with E-state index in [0.29, 0.717) is 5.56 Å². The molecule has 0 bridgehead atoms. The lowest BCUT2D eigenvalue weighted by molar-refractivity contribution is -0.137. The van der Waals surface area contributed by atoms with Crippen LogP contribution in [0.25, 0.3) is 0 Å². The Balaban J connectivity index is 2.01. The molecule has 0 aliphatic rings. The number of primary sulfonamides is 1. The summed E-state index contributed by atoms with van der Waals surface area (Å²) in [6.45, 7) is -0.239. The average molecular weight is 365 g/mol. The first-order chi connectivity index (χ1) is 10.6. The summed E-state index contributed by atoms with van der Waals surface area (Å²) >= 11 is 0.772. The lowest BCUT2D eigenvalue weighted by atomic mass is 10.1. The number of carbonyl (C=O) groups excluding carboxylic acids is 1. The number of thiophene rings is 1. The van der Waals surface area contributed by atoms with E-state index in [1.165, 1.54) is 17.5 Å². The van der Waals surface area contributed by atoms with Gasteiger partial charge in [-0.1, -0.05) is 12.1 Å². The summed E-state index contributed by atoms with van der Waals surface area (Å²) in [4.78, 5) is 11.8. The Bertz CT molecular complexity index is 810. The van der Waals surface area contributed by atoms with Crippen LogP contribution in [-0.2, 0) is 27.5 Å². The Kier molecular flexibility index (Phi) is 4.78. The van der Waals surface area contributed by atoms with E-state index in [0.717, 1.165) is 29.5 Å². The molecule has 1 aromatic carbocycles. The number of halogens is 3. The fourth-order valence-electron chi connectivity index (χ4n) is 1.59. The lowest BCUT2D eigenvalue weighted by Gasteiger charge is -2.08. The van der Waals surface area contributed by atoms with Gasteiger partial charge in [-0.25, -0.2) is 18.4 Å². The summed E-state index contributed by atoms with van der Waals surface area (Å²) in [6, 6.07) is 5.23. The second-order valence-electron chi connectivity index (χ2n) is 4.47. The molecule has 124 valence electrons. The van der Waals surface area contributed by atoms with Crippen molar-refractivity contribution in [1.29, 1.82) is 0 Å². The monoisotopic (exact) mass is 365 g/mol. The quantitative estimate of drug-likeness (QED) is 0.844. The van der Waals surface area contributed by atoms with Gasteiger partial charge in [-0.15, -0.1) is 11.3 Å². The lowest BCUT2D eigenvalue weighted by Crippen LogP contribution is -2.10. The molecule has 2 rings (SSSR count). The molecule has 0 saturated carbocycles. The molecule has 0 aliphatic carbocycles. The smallest absolute Gasteiger partial charge is 0.416 e. The van der Waals surface area contributed by atoms with Gasteiger partial charge in [0.1, 0.15) is 10.8 Å². The maximum atomic E-state index is 12.4. The van der Waals surface area contributed by atoms with Crippen molar-refractivity contribution in [2.75, 3.05) is 0 Å². The third-order valence-corrected chi connectivity index (χ3v) is 5.13. The standard InChI is InChI=1S/C13H10F3NO4S2/c14-13(15,16)10-3-1-8(2-4-10)6-21-12(18)9-5-11(22-7-9)23(17,19)20/h1-5,7H,6H2,(H2,17,19,20). The van der Waals surface area contributed by atoms with E-state index < -0.39 is 27.7 Å². The minimum Gasteiger partial charge on any atom is -0.457 e. The Morgan fingerprint density at radius 2 is 1.83 bits per heavy atom. The molecular weight excluding hydrogens is 355 g/mol. The molecule has 0 fully saturated rings. The predicted molar refractivity (Wildman–Crippen MR) is 76.3 cm³/mol. The zero-order valence-corrected chi connectivity index (χ0v) is 13.0. The molecule has 2 N–H and O–H groups in total. The fourth-order valence-corrected chi connectivity index (χ4v) is 3.17. The topological polar surface area (TPSA) is 86.5 Å². The van der Waals surface area contributed by atoms with Crippen molar-refractivity contribution in [3.8, 4) is 0 Å². The molecule has 2 aromatic rings. The van der Waals surface area contributed by atoms with Gasteiger partial charge >= 0.3 is 12.1 Å². The van der Waals surface area contributed by atoms with Crippen LogP contribution >= 0.6 is 11.3 Å². The van der Waals surface area contributed by atoms with E-state index in [2.05, 4.69) is 0 Å². The molecule has 0 saturated heterocycles. The van der Waals surface area contributed by atoms with Crippen molar-refractivity contribution < 1.29 is 31.1 Å². The summed E-state index contributed by atoms with van der Waals surface area (Å²) < 4.78 is 64.2. The molecule has 10 heteroatoms. The van der Waals surface area contributed by atoms with Crippen LogP contribution in [0.2, 0.25) is 0 Å². The highest BCUT2D eigenvalue weighted by Gasteiger charge is 2.29. The Hall–Kier alpha value is -1.91. The number of benzene rings is 1. The summed E-state index contributed by atoms with van der Waals surface area (Å²) in [5.74, 6) is -0.795. The van der Waals surface area contributed by atoms with E-state index >= 15 is 0 Å². The number of esters is 1. The zero-order valence-electron chi connectivity index (χ0n) is 11.3.